The lowest BCUT2D eigenvalue weighted by Gasteiger charge is -2.27. The number of nitrogens with one attached hydrogen (secondary N) is 2. The summed E-state index contributed by atoms with van der Waals surface area (Å²) in [5, 5.41) is 6.52. The van der Waals surface area contributed by atoms with Gasteiger partial charge in [-0.05, 0) is 43.9 Å². The molecule has 2 N–H and O–H groups in total. The Kier molecular flexibility index (Phi) is 7.63. The quantitative estimate of drug-likeness (QED) is 0.504. The van der Waals surface area contributed by atoms with Crippen molar-refractivity contribution in [3.63, 3.8) is 0 Å². The summed E-state index contributed by atoms with van der Waals surface area (Å²) in [6.07, 6.45) is 10.4. The van der Waals surface area contributed by atoms with Gasteiger partial charge in [0.25, 0.3) is 5.91 Å². The van der Waals surface area contributed by atoms with Crippen molar-refractivity contribution in [3.8, 4) is 0 Å². The van der Waals surface area contributed by atoms with Crippen LogP contribution < -0.4 is 15.5 Å². The first-order chi connectivity index (χ1) is 15.3. The average Bonchev–Trinajstić information content (AvgIpc) is 2.83. The molecule has 1 aliphatic heterocycles. The Labute approximate surface area is 183 Å². The standard InChI is InChI=1S/C24H31N5O2/c30-23(27-20-9-5-2-6-10-20)21-18-26-24(29-13-15-31-16-14-29)28-22(21)11-12-25-17-19-7-3-1-4-8-19/h1-3,5-6,9-10,18-19,25H,4,7-8,11-17H2,(H,27,30). The molecule has 2 heterocycles. The molecule has 0 saturated carbocycles. The van der Waals surface area contributed by atoms with Gasteiger partial charge in [0.1, 0.15) is 0 Å². The van der Waals surface area contributed by atoms with Crippen molar-refractivity contribution in [2.75, 3.05) is 49.6 Å². The van der Waals surface area contributed by atoms with Crippen LogP contribution in [0.3, 0.4) is 0 Å². The van der Waals surface area contributed by atoms with Crippen LogP contribution in [-0.2, 0) is 11.2 Å². The Morgan fingerprint density at radius 3 is 2.77 bits per heavy atom. The third-order valence-electron chi connectivity index (χ3n) is 5.77. The molecule has 2 aliphatic rings. The van der Waals surface area contributed by atoms with Crippen LogP contribution in [0.2, 0.25) is 0 Å². The first-order valence-corrected chi connectivity index (χ1v) is 11.2. The van der Waals surface area contributed by atoms with Crippen molar-refractivity contribution in [3.05, 3.63) is 59.9 Å². The average molecular weight is 422 g/mol. The van der Waals surface area contributed by atoms with E-state index in [9.17, 15) is 4.79 Å². The molecule has 31 heavy (non-hydrogen) atoms. The van der Waals surface area contributed by atoms with Crippen LogP contribution in [0.1, 0.15) is 35.3 Å². The minimum atomic E-state index is -0.174. The molecule has 1 aliphatic carbocycles. The van der Waals surface area contributed by atoms with E-state index in [0.717, 1.165) is 44.0 Å². The molecule has 0 radical (unpaired) electrons. The van der Waals surface area contributed by atoms with Gasteiger partial charge in [-0.1, -0.05) is 30.4 Å². The zero-order valence-electron chi connectivity index (χ0n) is 17.9. The second-order valence-corrected chi connectivity index (χ2v) is 8.05. The number of ether oxygens (including phenoxy) is 1. The van der Waals surface area contributed by atoms with Crippen LogP contribution in [0.4, 0.5) is 11.6 Å². The minimum Gasteiger partial charge on any atom is -0.378 e. The number of benzene rings is 1. The van der Waals surface area contributed by atoms with E-state index >= 15 is 0 Å². The van der Waals surface area contributed by atoms with Crippen molar-refractivity contribution < 1.29 is 9.53 Å². The highest BCUT2D eigenvalue weighted by Crippen LogP contribution is 2.18. The lowest BCUT2D eigenvalue weighted by molar-refractivity contribution is 0.102. The van der Waals surface area contributed by atoms with Crippen molar-refractivity contribution in [2.24, 2.45) is 5.92 Å². The fourth-order valence-corrected chi connectivity index (χ4v) is 3.98. The van der Waals surface area contributed by atoms with Gasteiger partial charge in [0.05, 0.1) is 24.5 Å². The second kappa shape index (κ2) is 11.0. The fraction of sp³-hybridized carbons (Fsp3) is 0.458. The number of carbonyl (C=O) groups is 1. The number of hydrogen-bond donors (Lipinski definition) is 2. The number of nitrogens with zero attached hydrogens (tertiary/aromatic N) is 3. The molecule has 0 bridgehead atoms. The Morgan fingerprint density at radius 1 is 1.16 bits per heavy atom. The number of aromatic nitrogens is 2. The van der Waals surface area contributed by atoms with Crippen LogP contribution in [0, 0.1) is 5.92 Å². The highest BCUT2D eigenvalue weighted by Gasteiger charge is 2.19. The summed E-state index contributed by atoms with van der Waals surface area (Å²) in [6, 6.07) is 9.48. The molecule has 7 nitrogen and oxygen atoms in total. The molecule has 1 aromatic heterocycles. The third kappa shape index (κ3) is 6.12. The maximum absolute atomic E-state index is 12.9. The van der Waals surface area contributed by atoms with Gasteiger partial charge in [0.15, 0.2) is 0 Å². The lowest BCUT2D eigenvalue weighted by atomic mass is 9.94. The Morgan fingerprint density at radius 2 is 2.00 bits per heavy atom. The predicted molar refractivity (Wildman–Crippen MR) is 123 cm³/mol. The van der Waals surface area contributed by atoms with Gasteiger partial charge in [0.2, 0.25) is 5.95 Å². The van der Waals surface area contributed by atoms with Gasteiger partial charge < -0.3 is 20.3 Å². The molecule has 1 amide bonds. The zero-order chi connectivity index (χ0) is 21.3. The monoisotopic (exact) mass is 421 g/mol. The molecule has 164 valence electrons. The molecule has 1 aromatic carbocycles. The van der Waals surface area contributed by atoms with Crippen LogP contribution in [-0.4, -0.2) is 55.3 Å². The molecule has 1 saturated heterocycles. The van der Waals surface area contributed by atoms with E-state index in [-0.39, 0.29) is 5.91 Å². The number of carbonyl (C=O) groups excluding carboxylic acids is 1. The Balaban J connectivity index is 1.44. The molecular weight excluding hydrogens is 390 g/mol. The minimum absolute atomic E-state index is 0.174. The number of allylic oxidation sites excluding steroid dienone is 2. The van der Waals surface area contributed by atoms with Crippen molar-refractivity contribution in [2.45, 2.75) is 25.7 Å². The van der Waals surface area contributed by atoms with Crippen molar-refractivity contribution >= 4 is 17.5 Å². The normalized spacial score (nSPS) is 18.7. The van der Waals surface area contributed by atoms with E-state index in [0.29, 0.717) is 37.1 Å². The summed E-state index contributed by atoms with van der Waals surface area (Å²) in [6.45, 7) is 4.66. The van der Waals surface area contributed by atoms with Gasteiger partial charge in [0, 0.05) is 37.9 Å². The highest BCUT2D eigenvalue weighted by molar-refractivity contribution is 6.04. The number of anilines is 2. The van der Waals surface area contributed by atoms with Gasteiger partial charge in [-0.2, -0.15) is 0 Å². The number of rotatable bonds is 8. The van der Waals surface area contributed by atoms with E-state index in [1.165, 1.54) is 12.8 Å². The van der Waals surface area contributed by atoms with E-state index in [1.54, 1.807) is 6.20 Å². The fourth-order valence-electron chi connectivity index (χ4n) is 3.98. The maximum atomic E-state index is 12.9. The summed E-state index contributed by atoms with van der Waals surface area (Å²) in [5.41, 5.74) is 2.07. The number of morpholine rings is 1. The first kappa shape index (κ1) is 21.5. The lowest BCUT2D eigenvalue weighted by Crippen LogP contribution is -2.37. The third-order valence-corrected chi connectivity index (χ3v) is 5.77. The number of amides is 1. The van der Waals surface area contributed by atoms with Crippen LogP contribution in [0.25, 0.3) is 0 Å². The van der Waals surface area contributed by atoms with E-state index in [1.807, 2.05) is 30.3 Å². The molecule has 1 unspecified atom stereocenters. The molecule has 1 fully saturated rings. The summed E-state index contributed by atoms with van der Waals surface area (Å²) in [7, 11) is 0. The number of hydrogen-bond acceptors (Lipinski definition) is 6. The van der Waals surface area contributed by atoms with E-state index in [4.69, 9.17) is 9.72 Å². The Bertz CT molecular complexity index is 881. The van der Waals surface area contributed by atoms with Crippen molar-refractivity contribution in [1.82, 2.24) is 15.3 Å². The predicted octanol–water partition coefficient (Wildman–Crippen LogP) is 3.05. The maximum Gasteiger partial charge on any atom is 0.259 e. The topological polar surface area (TPSA) is 79.4 Å². The second-order valence-electron chi connectivity index (χ2n) is 8.05. The molecule has 7 heteroatoms. The molecule has 4 rings (SSSR count). The van der Waals surface area contributed by atoms with E-state index in [2.05, 4.69) is 32.7 Å². The van der Waals surface area contributed by atoms with Crippen LogP contribution in [0.15, 0.2) is 48.7 Å². The van der Waals surface area contributed by atoms with Crippen LogP contribution in [0.5, 0.6) is 0 Å². The van der Waals surface area contributed by atoms with Gasteiger partial charge in [-0.15, -0.1) is 0 Å². The highest BCUT2D eigenvalue weighted by atomic mass is 16.5. The summed E-state index contributed by atoms with van der Waals surface area (Å²) in [5.74, 6) is 1.19. The van der Waals surface area contributed by atoms with Crippen LogP contribution >= 0.6 is 0 Å². The van der Waals surface area contributed by atoms with E-state index < -0.39 is 0 Å². The summed E-state index contributed by atoms with van der Waals surface area (Å²) >= 11 is 0. The van der Waals surface area contributed by atoms with Gasteiger partial charge in [-0.25, -0.2) is 9.97 Å². The van der Waals surface area contributed by atoms with Crippen molar-refractivity contribution in [1.29, 1.82) is 0 Å². The van der Waals surface area contributed by atoms with Gasteiger partial charge in [-0.3, -0.25) is 4.79 Å². The number of para-hydroxylation sites is 1. The first-order valence-electron chi connectivity index (χ1n) is 11.2. The summed E-state index contributed by atoms with van der Waals surface area (Å²) in [4.78, 5) is 24.4. The zero-order valence-corrected chi connectivity index (χ0v) is 17.9. The molecular formula is C24H31N5O2. The van der Waals surface area contributed by atoms with Gasteiger partial charge >= 0.3 is 0 Å². The largest absolute Gasteiger partial charge is 0.378 e. The smallest absolute Gasteiger partial charge is 0.259 e. The molecule has 2 aromatic rings. The summed E-state index contributed by atoms with van der Waals surface area (Å²) < 4.78 is 5.44. The molecule has 1 atom stereocenters. The Hall–Kier alpha value is -2.77. The SMILES string of the molecule is O=C(Nc1ccccc1)c1cnc(N2CCOCC2)nc1CCNCC1CC=CCC1. The molecule has 0 spiro atoms.